The molecule has 0 saturated heterocycles. The van der Waals surface area contributed by atoms with Crippen molar-refractivity contribution in [3.8, 4) is 0 Å². The van der Waals surface area contributed by atoms with E-state index in [2.05, 4.69) is 15.6 Å². The van der Waals surface area contributed by atoms with Crippen molar-refractivity contribution in [1.29, 1.82) is 0 Å². The van der Waals surface area contributed by atoms with E-state index in [0.717, 1.165) is 17.4 Å². The number of hydrogen-bond acceptors (Lipinski definition) is 5. The van der Waals surface area contributed by atoms with E-state index in [4.69, 9.17) is 5.11 Å². The number of carboxylic acids is 1. The maximum atomic E-state index is 13.1. The number of thiazole rings is 1. The van der Waals surface area contributed by atoms with Crippen molar-refractivity contribution in [1.82, 2.24) is 15.6 Å². The number of rotatable bonds is 6. The van der Waals surface area contributed by atoms with Crippen LogP contribution in [0.5, 0.6) is 0 Å². The second-order valence-electron chi connectivity index (χ2n) is 5.25. The highest BCUT2D eigenvalue weighted by Crippen LogP contribution is 2.23. The van der Waals surface area contributed by atoms with Crippen LogP contribution in [0.4, 0.5) is 4.39 Å². The number of carbonyl (C=O) groups is 3. The third kappa shape index (κ3) is 4.83. The number of hydrogen-bond donors (Lipinski definition) is 3. The van der Waals surface area contributed by atoms with E-state index in [1.807, 2.05) is 0 Å². The minimum Gasteiger partial charge on any atom is -0.477 e. The maximum Gasteiger partial charge on any atom is 0.347 e. The Morgan fingerprint density at radius 2 is 2.08 bits per heavy atom. The molecule has 0 saturated carbocycles. The average Bonchev–Trinajstić information content (AvgIpc) is 2.95. The van der Waals surface area contributed by atoms with Crippen LogP contribution < -0.4 is 10.6 Å². The van der Waals surface area contributed by atoms with Gasteiger partial charge in [0.25, 0.3) is 5.91 Å². The van der Waals surface area contributed by atoms with E-state index in [1.54, 1.807) is 13.8 Å². The number of aromatic carboxylic acids is 1. The van der Waals surface area contributed by atoms with Gasteiger partial charge < -0.3 is 15.7 Å². The summed E-state index contributed by atoms with van der Waals surface area (Å²) >= 11 is 0.986. The van der Waals surface area contributed by atoms with Crippen LogP contribution in [-0.4, -0.2) is 34.4 Å². The first-order chi connectivity index (χ1) is 11.8. The smallest absolute Gasteiger partial charge is 0.347 e. The van der Waals surface area contributed by atoms with Crippen LogP contribution in [0.25, 0.3) is 0 Å². The lowest BCUT2D eigenvalue weighted by molar-refractivity contribution is -0.120. The van der Waals surface area contributed by atoms with Crippen LogP contribution in [-0.2, 0) is 4.79 Å². The van der Waals surface area contributed by atoms with Crippen LogP contribution in [0.2, 0.25) is 0 Å². The van der Waals surface area contributed by atoms with Crippen molar-refractivity contribution in [2.24, 2.45) is 0 Å². The second kappa shape index (κ2) is 7.84. The first-order valence-corrected chi connectivity index (χ1v) is 8.13. The Hall–Kier alpha value is -2.81. The van der Waals surface area contributed by atoms with Gasteiger partial charge in [0, 0.05) is 5.56 Å². The first kappa shape index (κ1) is 18.5. The number of carbonyl (C=O) groups excluding carboxylic acids is 2. The molecular formula is C16H16FN3O4S. The fraction of sp³-hybridized carbons (Fsp3) is 0.250. The standard InChI is InChI=1S/C16H16FN3O4S/c1-8-13(16(23)24)25-15(20-8)9(2)19-12(21)7-18-14(22)10-4-3-5-11(17)6-10/h3-6,9H,7H2,1-2H3,(H,18,22)(H,19,21)(H,23,24). The Labute approximate surface area is 146 Å². The molecule has 0 spiro atoms. The quantitative estimate of drug-likeness (QED) is 0.724. The summed E-state index contributed by atoms with van der Waals surface area (Å²) < 4.78 is 13.1. The van der Waals surface area contributed by atoms with Gasteiger partial charge in [0.05, 0.1) is 18.3 Å². The van der Waals surface area contributed by atoms with E-state index < -0.39 is 29.6 Å². The third-order valence-electron chi connectivity index (χ3n) is 3.25. The summed E-state index contributed by atoms with van der Waals surface area (Å²) in [7, 11) is 0. The Bertz CT molecular complexity index is 821. The molecule has 3 N–H and O–H groups in total. The number of nitrogens with zero attached hydrogens (tertiary/aromatic N) is 1. The van der Waals surface area contributed by atoms with E-state index in [1.165, 1.54) is 18.2 Å². The molecule has 9 heteroatoms. The number of nitrogens with one attached hydrogen (secondary N) is 2. The predicted molar refractivity (Wildman–Crippen MR) is 89.1 cm³/mol. The molecule has 1 aromatic carbocycles. The van der Waals surface area contributed by atoms with Crippen LogP contribution in [0.15, 0.2) is 24.3 Å². The minimum absolute atomic E-state index is 0.113. The summed E-state index contributed by atoms with van der Waals surface area (Å²) in [6.45, 7) is 2.95. The number of carboxylic acid groups (broad SMARTS) is 1. The fourth-order valence-electron chi connectivity index (χ4n) is 2.05. The summed E-state index contributed by atoms with van der Waals surface area (Å²) in [4.78, 5) is 39.0. The van der Waals surface area contributed by atoms with Gasteiger partial charge in [-0.3, -0.25) is 9.59 Å². The topological polar surface area (TPSA) is 108 Å². The highest BCUT2D eigenvalue weighted by molar-refractivity contribution is 7.13. The predicted octanol–water partition coefficient (Wildman–Crippen LogP) is 1.90. The maximum absolute atomic E-state index is 13.1. The molecule has 2 rings (SSSR count). The van der Waals surface area contributed by atoms with Crippen LogP contribution in [0.1, 0.15) is 43.7 Å². The summed E-state index contributed by atoms with van der Waals surface area (Å²) in [5, 5.41) is 14.5. The van der Waals surface area contributed by atoms with Gasteiger partial charge in [0.1, 0.15) is 15.7 Å². The number of aryl methyl sites for hydroxylation is 1. The molecule has 0 aliphatic heterocycles. The molecular weight excluding hydrogens is 349 g/mol. The van der Waals surface area contributed by atoms with Gasteiger partial charge in [-0.05, 0) is 32.0 Å². The lowest BCUT2D eigenvalue weighted by atomic mass is 10.2. The van der Waals surface area contributed by atoms with Crippen molar-refractivity contribution >= 4 is 29.1 Å². The monoisotopic (exact) mass is 365 g/mol. The zero-order valence-corrected chi connectivity index (χ0v) is 14.3. The Kier molecular flexibility index (Phi) is 5.81. The molecule has 2 amide bonds. The Balaban J connectivity index is 1.90. The van der Waals surface area contributed by atoms with Gasteiger partial charge in [0.15, 0.2) is 0 Å². The van der Waals surface area contributed by atoms with Crippen molar-refractivity contribution < 1.29 is 23.9 Å². The molecule has 0 radical (unpaired) electrons. The summed E-state index contributed by atoms with van der Waals surface area (Å²) in [5.74, 6) is -2.65. The van der Waals surface area contributed by atoms with Gasteiger partial charge >= 0.3 is 5.97 Å². The second-order valence-corrected chi connectivity index (χ2v) is 6.28. The molecule has 25 heavy (non-hydrogen) atoms. The van der Waals surface area contributed by atoms with Gasteiger partial charge in [-0.2, -0.15) is 0 Å². The summed E-state index contributed by atoms with van der Waals surface area (Å²) in [6, 6.07) is 4.62. The van der Waals surface area contributed by atoms with Gasteiger partial charge in [-0.15, -0.1) is 11.3 Å². The zero-order valence-electron chi connectivity index (χ0n) is 13.5. The molecule has 0 fully saturated rings. The van der Waals surface area contributed by atoms with Crippen LogP contribution in [0.3, 0.4) is 0 Å². The highest BCUT2D eigenvalue weighted by Gasteiger charge is 2.19. The van der Waals surface area contributed by atoms with Crippen molar-refractivity contribution in [2.45, 2.75) is 19.9 Å². The molecule has 0 aliphatic carbocycles. The summed E-state index contributed by atoms with van der Waals surface area (Å²) in [5.41, 5.74) is 0.496. The summed E-state index contributed by atoms with van der Waals surface area (Å²) in [6.07, 6.45) is 0. The molecule has 1 atom stereocenters. The lowest BCUT2D eigenvalue weighted by Crippen LogP contribution is -2.38. The molecule has 0 bridgehead atoms. The van der Waals surface area contributed by atoms with Crippen LogP contribution in [0, 0.1) is 12.7 Å². The van der Waals surface area contributed by atoms with Gasteiger partial charge in [-0.25, -0.2) is 14.2 Å². The molecule has 0 aliphatic rings. The molecule has 2 aromatic rings. The third-order valence-corrected chi connectivity index (χ3v) is 4.58. The fourth-order valence-corrected chi connectivity index (χ4v) is 2.96. The molecule has 1 unspecified atom stereocenters. The van der Waals surface area contributed by atoms with E-state index >= 15 is 0 Å². The van der Waals surface area contributed by atoms with Gasteiger partial charge in [-0.1, -0.05) is 6.07 Å². The first-order valence-electron chi connectivity index (χ1n) is 7.31. The number of amides is 2. The Morgan fingerprint density at radius 1 is 1.36 bits per heavy atom. The Morgan fingerprint density at radius 3 is 2.68 bits per heavy atom. The number of benzene rings is 1. The van der Waals surface area contributed by atoms with Crippen molar-refractivity contribution in [3.63, 3.8) is 0 Å². The molecule has 1 heterocycles. The SMILES string of the molecule is Cc1nc(C(C)NC(=O)CNC(=O)c2cccc(F)c2)sc1C(=O)O. The molecule has 132 valence electrons. The largest absolute Gasteiger partial charge is 0.477 e. The highest BCUT2D eigenvalue weighted by atomic mass is 32.1. The molecule has 7 nitrogen and oxygen atoms in total. The average molecular weight is 365 g/mol. The minimum atomic E-state index is -1.07. The number of halogens is 1. The van der Waals surface area contributed by atoms with Gasteiger partial charge in [0.2, 0.25) is 5.91 Å². The zero-order chi connectivity index (χ0) is 18.6. The molecule has 1 aromatic heterocycles. The van der Waals surface area contributed by atoms with Crippen molar-refractivity contribution in [2.75, 3.05) is 6.54 Å². The van der Waals surface area contributed by atoms with Crippen LogP contribution >= 0.6 is 11.3 Å². The van der Waals surface area contributed by atoms with E-state index in [-0.39, 0.29) is 17.0 Å². The van der Waals surface area contributed by atoms with E-state index in [0.29, 0.717) is 10.7 Å². The van der Waals surface area contributed by atoms with E-state index in [9.17, 15) is 18.8 Å². The normalized spacial score (nSPS) is 11.6. The van der Waals surface area contributed by atoms with Crippen molar-refractivity contribution in [3.05, 3.63) is 51.2 Å². The number of aromatic nitrogens is 1. The lowest BCUT2D eigenvalue weighted by Gasteiger charge is -2.12.